The Morgan fingerprint density at radius 1 is 1.62 bits per heavy atom. The van der Waals surface area contributed by atoms with Gasteiger partial charge in [-0.25, -0.2) is 14.2 Å². The third kappa shape index (κ3) is 2.41. The molecule has 0 N–H and O–H groups in total. The first kappa shape index (κ1) is 9.96. The molecule has 1 aromatic rings. The van der Waals surface area contributed by atoms with E-state index in [4.69, 9.17) is 0 Å². The summed E-state index contributed by atoms with van der Waals surface area (Å²) in [4.78, 5) is 13.8. The zero-order chi connectivity index (χ0) is 9.68. The second kappa shape index (κ2) is 4.80. The van der Waals surface area contributed by atoms with Gasteiger partial charge in [-0.1, -0.05) is 12.1 Å². The van der Waals surface area contributed by atoms with Crippen molar-refractivity contribution in [3.8, 4) is 0 Å². The van der Waals surface area contributed by atoms with Crippen molar-refractivity contribution in [2.75, 3.05) is 6.26 Å². The third-order valence-electron chi connectivity index (χ3n) is 1.57. The van der Waals surface area contributed by atoms with Crippen LogP contribution in [0.4, 0.5) is 4.39 Å². The van der Waals surface area contributed by atoms with Crippen LogP contribution < -0.4 is 0 Å². The predicted molar refractivity (Wildman–Crippen MR) is 50.0 cm³/mol. The van der Waals surface area contributed by atoms with E-state index < -0.39 is 0 Å². The molecule has 2 nitrogen and oxygen atoms in total. The maximum atomic E-state index is 13.1. The van der Waals surface area contributed by atoms with E-state index in [-0.39, 0.29) is 12.4 Å². The van der Waals surface area contributed by atoms with Crippen molar-refractivity contribution in [3.63, 3.8) is 0 Å². The Morgan fingerprint density at radius 3 is 3.00 bits per heavy atom. The summed E-state index contributed by atoms with van der Waals surface area (Å²) in [5, 5.41) is 0. The molecular weight excluding hydrogens is 189 g/mol. The van der Waals surface area contributed by atoms with E-state index in [9.17, 15) is 9.18 Å². The fraction of sp³-hybridized carbons (Fsp3) is 0.222. The lowest BCUT2D eigenvalue weighted by molar-refractivity contribution is 0.562. The van der Waals surface area contributed by atoms with Gasteiger partial charge in [-0.15, -0.1) is 11.8 Å². The van der Waals surface area contributed by atoms with E-state index in [1.165, 1.54) is 23.9 Å². The molecule has 13 heavy (non-hydrogen) atoms. The fourth-order valence-electron chi connectivity index (χ4n) is 1.02. The molecule has 4 heteroatoms. The highest BCUT2D eigenvalue weighted by Gasteiger charge is 2.05. The molecule has 0 amide bonds. The molecule has 0 saturated heterocycles. The van der Waals surface area contributed by atoms with Gasteiger partial charge in [0.05, 0.1) is 6.54 Å². The Balaban J connectivity index is 3.04. The zero-order valence-corrected chi connectivity index (χ0v) is 7.90. The highest BCUT2D eigenvalue weighted by molar-refractivity contribution is 7.98. The van der Waals surface area contributed by atoms with Gasteiger partial charge in [-0.3, -0.25) is 0 Å². The van der Waals surface area contributed by atoms with E-state index in [0.29, 0.717) is 4.90 Å². The predicted octanol–water partition coefficient (Wildman–Crippen LogP) is 2.38. The van der Waals surface area contributed by atoms with Crippen molar-refractivity contribution in [2.24, 2.45) is 4.99 Å². The molecule has 68 valence electrons. The maximum Gasteiger partial charge on any atom is 0.235 e. The number of rotatable bonds is 3. The van der Waals surface area contributed by atoms with Crippen LogP contribution in [0.1, 0.15) is 5.56 Å². The van der Waals surface area contributed by atoms with Crippen molar-refractivity contribution in [2.45, 2.75) is 11.4 Å². The van der Waals surface area contributed by atoms with Crippen molar-refractivity contribution in [3.05, 3.63) is 29.6 Å². The van der Waals surface area contributed by atoms with Crippen LogP contribution in [0.15, 0.2) is 28.1 Å². The maximum absolute atomic E-state index is 13.1. The highest BCUT2D eigenvalue weighted by Crippen LogP contribution is 2.24. The summed E-state index contributed by atoms with van der Waals surface area (Å²) in [6, 6.07) is 4.74. The number of isocyanates is 1. The first-order valence-corrected chi connectivity index (χ1v) is 4.87. The van der Waals surface area contributed by atoms with Crippen LogP contribution in [0.5, 0.6) is 0 Å². The molecule has 0 spiro atoms. The van der Waals surface area contributed by atoms with E-state index >= 15 is 0 Å². The second-order valence-corrected chi connectivity index (χ2v) is 3.16. The number of thioether (sulfide) groups is 1. The van der Waals surface area contributed by atoms with E-state index in [2.05, 4.69) is 4.99 Å². The largest absolute Gasteiger partial charge is 0.235 e. The van der Waals surface area contributed by atoms with Crippen LogP contribution in [0.3, 0.4) is 0 Å². The minimum atomic E-state index is -0.272. The van der Waals surface area contributed by atoms with Crippen LogP contribution in [0, 0.1) is 5.82 Å². The number of aliphatic imine (C=N–C) groups is 1. The van der Waals surface area contributed by atoms with Gasteiger partial charge in [0.25, 0.3) is 0 Å². The first-order valence-electron chi connectivity index (χ1n) is 3.64. The van der Waals surface area contributed by atoms with Crippen molar-refractivity contribution in [1.82, 2.24) is 0 Å². The minimum Gasteiger partial charge on any atom is -0.211 e. The minimum absolute atomic E-state index is 0.192. The molecule has 1 aromatic carbocycles. The van der Waals surface area contributed by atoms with Crippen LogP contribution in [-0.4, -0.2) is 12.3 Å². The zero-order valence-electron chi connectivity index (χ0n) is 7.08. The summed E-state index contributed by atoms with van der Waals surface area (Å²) < 4.78 is 13.1. The molecule has 0 fully saturated rings. The molecule has 0 aliphatic heterocycles. The Kier molecular flexibility index (Phi) is 3.68. The lowest BCUT2D eigenvalue weighted by Crippen LogP contribution is -1.89. The van der Waals surface area contributed by atoms with Gasteiger partial charge in [0, 0.05) is 4.90 Å². The smallest absolute Gasteiger partial charge is 0.211 e. The van der Waals surface area contributed by atoms with Gasteiger partial charge in [-0.2, -0.15) is 0 Å². The fourth-order valence-corrected chi connectivity index (χ4v) is 1.68. The summed E-state index contributed by atoms with van der Waals surface area (Å²) in [5.74, 6) is -0.272. The molecule has 0 heterocycles. The van der Waals surface area contributed by atoms with E-state index in [1.54, 1.807) is 18.4 Å². The highest BCUT2D eigenvalue weighted by atomic mass is 32.2. The topological polar surface area (TPSA) is 29.4 Å². The number of hydrogen-bond donors (Lipinski definition) is 0. The summed E-state index contributed by atoms with van der Waals surface area (Å²) in [7, 11) is 0. The second-order valence-electron chi connectivity index (χ2n) is 2.34. The van der Waals surface area contributed by atoms with Crippen LogP contribution in [0.2, 0.25) is 0 Å². The molecule has 0 aromatic heterocycles. The molecular formula is C9H8FNOS. The van der Waals surface area contributed by atoms with E-state index in [1.807, 2.05) is 0 Å². The third-order valence-corrected chi connectivity index (χ3v) is 2.43. The summed E-state index contributed by atoms with van der Waals surface area (Å²) in [6.07, 6.45) is 3.21. The first-order chi connectivity index (χ1) is 6.29. The van der Waals surface area contributed by atoms with Crippen molar-refractivity contribution in [1.29, 1.82) is 0 Å². The quantitative estimate of drug-likeness (QED) is 0.423. The van der Waals surface area contributed by atoms with Crippen LogP contribution in [-0.2, 0) is 11.3 Å². The monoisotopic (exact) mass is 197 g/mol. The molecule has 0 radical (unpaired) electrons. The van der Waals surface area contributed by atoms with Gasteiger partial charge >= 0.3 is 0 Å². The van der Waals surface area contributed by atoms with Gasteiger partial charge in [-0.05, 0) is 17.9 Å². The van der Waals surface area contributed by atoms with Gasteiger partial charge in [0.1, 0.15) is 5.82 Å². The standard InChI is InChI=1S/C9H8FNOS/c1-13-9-7(5-11-6-12)3-2-4-8(9)10/h2-4H,5H2,1H3. The number of halogens is 1. The number of nitrogens with zero attached hydrogens (tertiary/aromatic N) is 1. The Labute approximate surface area is 79.9 Å². The summed E-state index contributed by atoms with van der Waals surface area (Å²) in [5.41, 5.74) is 0.718. The Bertz CT molecular complexity index is 347. The molecule has 0 aliphatic carbocycles. The molecule has 0 saturated carbocycles. The summed E-state index contributed by atoms with van der Waals surface area (Å²) in [6.45, 7) is 0.192. The van der Waals surface area contributed by atoms with Gasteiger partial charge in [0.2, 0.25) is 6.08 Å². The number of benzene rings is 1. The van der Waals surface area contributed by atoms with Gasteiger partial charge < -0.3 is 0 Å². The van der Waals surface area contributed by atoms with Crippen molar-refractivity contribution >= 4 is 17.8 Å². The SMILES string of the molecule is CSc1c(F)cccc1CN=C=O. The van der Waals surface area contributed by atoms with Crippen LogP contribution >= 0.6 is 11.8 Å². The average molecular weight is 197 g/mol. The Morgan fingerprint density at radius 2 is 2.38 bits per heavy atom. The average Bonchev–Trinajstić information content (AvgIpc) is 2.15. The molecule has 0 atom stereocenters. The molecule has 0 unspecified atom stereocenters. The Hall–Kier alpha value is -1.12. The summed E-state index contributed by atoms with van der Waals surface area (Å²) >= 11 is 1.31. The number of carbonyl (C=O) groups excluding carboxylic acids is 1. The normalized spacial score (nSPS) is 9.38. The molecule has 0 aliphatic rings. The van der Waals surface area contributed by atoms with Crippen LogP contribution in [0.25, 0.3) is 0 Å². The molecule has 1 rings (SSSR count). The molecule has 0 bridgehead atoms. The van der Waals surface area contributed by atoms with E-state index in [0.717, 1.165) is 5.56 Å². The van der Waals surface area contributed by atoms with Gasteiger partial charge in [0.15, 0.2) is 0 Å². The lowest BCUT2D eigenvalue weighted by atomic mass is 10.2. The van der Waals surface area contributed by atoms with Crippen molar-refractivity contribution < 1.29 is 9.18 Å². The lowest BCUT2D eigenvalue weighted by Gasteiger charge is -2.03. The number of hydrogen-bond acceptors (Lipinski definition) is 3.